The second kappa shape index (κ2) is 7.19. The summed E-state index contributed by atoms with van der Waals surface area (Å²) in [4.78, 5) is 11.1. The van der Waals surface area contributed by atoms with Gasteiger partial charge in [0.15, 0.2) is 0 Å². The molecule has 0 aliphatic heterocycles. The molecule has 0 aliphatic carbocycles. The van der Waals surface area contributed by atoms with Gasteiger partial charge in [-0.3, -0.25) is 0 Å². The number of nitrogens with zero attached hydrogens (tertiary/aromatic N) is 3. The van der Waals surface area contributed by atoms with E-state index in [1.165, 1.54) is 37.0 Å². The first-order valence-electron chi connectivity index (χ1n) is 6.81. The molecule has 0 radical (unpaired) electrons. The fourth-order valence-corrected chi connectivity index (χ4v) is 3.22. The molecule has 0 unspecified atom stereocenters. The molecule has 19 heavy (non-hydrogen) atoms. The van der Waals surface area contributed by atoms with Gasteiger partial charge in [0.2, 0.25) is 4.80 Å². The van der Waals surface area contributed by atoms with Gasteiger partial charge in [0.05, 0.1) is 15.5 Å². The van der Waals surface area contributed by atoms with Crippen LogP contribution >= 0.6 is 11.3 Å². The Morgan fingerprint density at radius 1 is 1.16 bits per heavy atom. The maximum Gasteiger partial charge on any atom is 0.215 e. The zero-order chi connectivity index (χ0) is 13.5. The number of benzene rings is 1. The van der Waals surface area contributed by atoms with Crippen LogP contribution in [0.25, 0.3) is 10.2 Å². The van der Waals surface area contributed by atoms with E-state index < -0.39 is 0 Å². The molecule has 1 aromatic carbocycles. The van der Waals surface area contributed by atoms with E-state index in [4.69, 9.17) is 0 Å². The molecule has 4 nitrogen and oxygen atoms in total. The lowest BCUT2D eigenvalue weighted by atomic mass is 10.1. The van der Waals surface area contributed by atoms with Gasteiger partial charge in [-0.05, 0) is 18.6 Å². The van der Waals surface area contributed by atoms with E-state index in [9.17, 15) is 4.91 Å². The van der Waals surface area contributed by atoms with Crippen LogP contribution in [0.4, 0.5) is 0 Å². The molecule has 2 aromatic rings. The topological polar surface area (TPSA) is 46.7 Å². The smallest absolute Gasteiger partial charge is 0.215 e. The summed E-state index contributed by atoms with van der Waals surface area (Å²) >= 11 is 1.52. The van der Waals surface area contributed by atoms with Crippen molar-refractivity contribution in [3.63, 3.8) is 0 Å². The van der Waals surface area contributed by atoms with Crippen LogP contribution in [0.1, 0.15) is 39.0 Å². The highest BCUT2D eigenvalue weighted by Gasteiger charge is 2.05. The van der Waals surface area contributed by atoms with Gasteiger partial charge < -0.3 is 4.57 Å². The van der Waals surface area contributed by atoms with Crippen molar-refractivity contribution in [1.82, 2.24) is 4.57 Å². The Morgan fingerprint density at radius 3 is 2.74 bits per heavy atom. The normalized spacial score (nSPS) is 12.2. The fourth-order valence-electron chi connectivity index (χ4n) is 2.22. The summed E-state index contributed by atoms with van der Waals surface area (Å²) in [6.07, 6.45) is 6.16. The predicted octanol–water partition coefficient (Wildman–Crippen LogP) is 4.26. The van der Waals surface area contributed by atoms with Crippen LogP contribution in [-0.4, -0.2) is 4.57 Å². The Labute approximate surface area is 116 Å². The van der Waals surface area contributed by atoms with Gasteiger partial charge in [-0.2, -0.15) is 0 Å². The van der Waals surface area contributed by atoms with E-state index in [2.05, 4.69) is 34.0 Å². The van der Waals surface area contributed by atoms with Crippen molar-refractivity contribution in [2.45, 2.75) is 45.6 Å². The van der Waals surface area contributed by atoms with Crippen molar-refractivity contribution >= 4 is 21.6 Å². The van der Waals surface area contributed by atoms with Crippen molar-refractivity contribution < 1.29 is 0 Å². The Balaban J connectivity index is 2.17. The second-order valence-corrected chi connectivity index (χ2v) is 5.61. The van der Waals surface area contributed by atoms with Gasteiger partial charge in [-0.25, -0.2) is 0 Å². The maximum absolute atomic E-state index is 10.4. The third-order valence-electron chi connectivity index (χ3n) is 3.20. The third-order valence-corrected chi connectivity index (χ3v) is 4.25. The quantitative estimate of drug-likeness (QED) is 0.424. The molecule has 0 bridgehead atoms. The molecular weight excluding hydrogens is 258 g/mol. The lowest BCUT2D eigenvalue weighted by Gasteiger charge is -2.04. The van der Waals surface area contributed by atoms with Gasteiger partial charge in [0, 0.05) is 6.54 Å². The van der Waals surface area contributed by atoms with Crippen molar-refractivity contribution in [3.8, 4) is 0 Å². The summed E-state index contributed by atoms with van der Waals surface area (Å²) < 4.78 is 3.26. The SMILES string of the molecule is CCCCCCCn1/c(=N\N=O)sc2ccccc21. The molecule has 0 N–H and O–H groups in total. The maximum atomic E-state index is 10.4. The highest BCUT2D eigenvalue weighted by Crippen LogP contribution is 2.17. The molecule has 1 heterocycles. The van der Waals surface area contributed by atoms with Gasteiger partial charge in [0.1, 0.15) is 0 Å². The van der Waals surface area contributed by atoms with E-state index >= 15 is 0 Å². The first kappa shape index (κ1) is 13.9. The molecule has 0 saturated heterocycles. The number of rotatable bonds is 7. The Hall–Kier alpha value is -1.49. The summed E-state index contributed by atoms with van der Waals surface area (Å²) in [5, 5.41) is 6.39. The number of aromatic nitrogens is 1. The minimum Gasteiger partial charge on any atom is -0.315 e. The number of hydrogen-bond acceptors (Lipinski definition) is 3. The molecule has 0 amide bonds. The molecule has 0 spiro atoms. The van der Waals surface area contributed by atoms with Crippen LogP contribution in [0.15, 0.2) is 34.7 Å². The number of nitroso groups, excluding NO2 is 1. The van der Waals surface area contributed by atoms with Crippen LogP contribution in [-0.2, 0) is 6.54 Å². The molecule has 2 rings (SSSR count). The average molecular weight is 277 g/mol. The Bertz CT molecular complexity index is 600. The highest BCUT2D eigenvalue weighted by atomic mass is 32.1. The number of para-hydroxylation sites is 1. The van der Waals surface area contributed by atoms with Crippen LogP contribution in [0, 0.1) is 4.91 Å². The summed E-state index contributed by atoms with van der Waals surface area (Å²) in [5.41, 5.74) is 1.14. The Morgan fingerprint density at radius 2 is 1.95 bits per heavy atom. The first-order chi connectivity index (χ1) is 9.36. The number of aryl methyl sites for hydroxylation is 1. The number of hydrogen-bond donors (Lipinski definition) is 0. The molecule has 0 saturated carbocycles. The molecule has 102 valence electrons. The second-order valence-electron chi connectivity index (χ2n) is 4.60. The van der Waals surface area contributed by atoms with Crippen LogP contribution in [0.2, 0.25) is 0 Å². The number of thiazole rings is 1. The van der Waals surface area contributed by atoms with E-state index in [-0.39, 0.29) is 0 Å². The number of unbranched alkanes of at least 4 members (excludes halogenated alkanes) is 4. The summed E-state index contributed by atoms with van der Waals surface area (Å²) in [6, 6.07) is 8.14. The summed E-state index contributed by atoms with van der Waals surface area (Å²) in [7, 11) is 0. The highest BCUT2D eigenvalue weighted by molar-refractivity contribution is 7.16. The lowest BCUT2D eigenvalue weighted by molar-refractivity contribution is 0.569. The molecule has 0 atom stereocenters. The van der Waals surface area contributed by atoms with E-state index in [1.807, 2.05) is 12.1 Å². The van der Waals surface area contributed by atoms with Crippen molar-refractivity contribution in [2.24, 2.45) is 10.4 Å². The van der Waals surface area contributed by atoms with Crippen LogP contribution in [0.5, 0.6) is 0 Å². The van der Waals surface area contributed by atoms with Gasteiger partial charge in [-0.15, -0.1) is 4.91 Å². The van der Waals surface area contributed by atoms with Crippen molar-refractivity contribution in [3.05, 3.63) is 34.0 Å². The number of fused-ring (bicyclic) bond motifs is 1. The monoisotopic (exact) mass is 277 g/mol. The molecule has 1 aromatic heterocycles. The van der Waals surface area contributed by atoms with E-state index in [1.54, 1.807) is 0 Å². The summed E-state index contributed by atoms with van der Waals surface area (Å²) in [6.45, 7) is 3.12. The molecular formula is C14H19N3OS. The summed E-state index contributed by atoms with van der Waals surface area (Å²) in [5.74, 6) is 0. The van der Waals surface area contributed by atoms with Gasteiger partial charge in [0.25, 0.3) is 0 Å². The van der Waals surface area contributed by atoms with Crippen molar-refractivity contribution in [1.29, 1.82) is 0 Å². The predicted molar refractivity (Wildman–Crippen MR) is 79.9 cm³/mol. The standard InChI is InChI=1S/C14H19N3OS/c1-2-3-4-5-8-11-17-12-9-6-7-10-13(12)19-14(17)15-16-18/h6-7,9-10H,2-5,8,11H2,1H3/b15-14+. The molecule has 5 heteroatoms. The van der Waals surface area contributed by atoms with Crippen LogP contribution in [0.3, 0.4) is 0 Å². The zero-order valence-corrected chi connectivity index (χ0v) is 12.0. The zero-order valence-electron chi connectivity index (χ0n) is 11.2. The van der Waals surface area contributed by atoms with Gasteiger partial charge >= 0.3 is 0 Å². The average Bonchev–Trinajstić information content (AvgIpc) is 2.77. The van der Waals surface area contributed by atoms with E-state index in [0.29, 0.717) is 4.80 Å². The minimum absolute atomic E-state index is 0.701. The van der Waals surface area contributed by atoms with Gasteiger partial charge in [-0.1, -0.05) is 61.2 Å². The minimum atomic E-state index is 0.701. The van der Waals surface area contributed by atoms with Crippen LogP contribution < -0.4 is 4.80 Å². The van der Waals surface area contributed by atoms with E-state index in [0.717, 1.165) is 23.2 Å². The molecule has 0 fully saturated rings. The molecule has 0 aliphatic rings. The first-order valence-corrected chi connectivity index (χ1v) is 7.63. The third kappa shape index (κ3) is 3.50. The lowest BCUT2D eigenvalue weighted by Crippen LogP contribution is -2.14. The van der Waals surface area contributed by atoms with Crippen molar-refractivity contribution in [2.75, 3.05) is 0 Å². The fraction of sp³-hybridized carbons (Fsp3) is 0.500. The largest absolute Gasteiger partial charge is 0.315 e. The Kier molecular flexibility index (Phi) is 5.27.